The zero-order valence-corrected chi connectivity index (χ0v) is 14.7. The lowest BCUT2D eigenvalue weighted by atomic mass is 10.0. The molecule has 0 heterocycles. The Labute approximate surface area is 135 Å². The van der Waals surface area contributed by atoms with Gasteiger partial charge in [0, 0.05) is 16.5 Å². The average molecular weight is 324 g/mol. The lowest BCUT2D eigenvalue weighted by Crippen LogP contribution is -1.95. The third-order valence-corrected chi connectivity index (χ3v) is 4.18. The van der Waals surface area contributed by atoms with Crippen molar-refractivity contribution >= 4 is 36.4 Å². The van der Waals surface area contributed by atoms with Crippen LogP contribution in [0.3, 0.4) is 0 Å². The Hall–Kier alpha value is -1.55. The monoisotopic (exact) mass is 324 g/mol. The van der Waals surface area contributed by atoms with Crippen LogP contribution >= 0.6 is 18.5 Å². The first-order chi connectivity index (χ1) is 10.6. The van der Waals surface area contributed by atoms with Crippen LogP contribution in [0.5, 0.6) is 0 Å². The minimum atomic E-state index is 0.125. The Morgan fingerprint density at radius 3 is 1.91 bits per heavy atom. The van der Waals surface area contributed by atoms with E-state index in [0.29, 0.717) is 5.40 Å². The summed E-state index contributed by atoms with van der Waals surface area (Å²) in [6.07, 6.45) is 8.13. The Morgan fingerprint density at radius 2 is 1.41 bits per heavy atom. The molecule has 110 valence electrons. The summed E-state index contributed by atoms with van der Waals surface area (Å²) in [7, 11) is 5.41. The predicted molar refractivity (Wildman–Crippen MR) is 102 cm³/mol. The van der Waals surface area contributed by atoms with Gasteiger partial charge in [-0.15, -0.1) is 18.5 Å². The summed E-state index contributed by atoms with van der Waals surface area (Å²) in [6.45, 7) is 1.98. The van der Waals surface area contributed by atoms with Crippen molar-refractivity contribution < 1.29 is 4.79 Å². The van der Waals surface area contributed by atoms with Crippen LogP contribution in [-0.4, -0.2) is 11.2 Å². The van der Waals surface area contributed by atoms with Gasteiger partial charge >= 0.3 is 0 Å². The standard InChI is InChI=1S/C19H18OP2/c1-2-3-12-4-7-14-15-8-5-13(6-9-18(21)22)11-17(15)19(20)16(14)10-12/h2-11,18H,21-22H2,1H3/b3-2+,9-6+. The van der Waals surface area contributed by atoms with Crippen molar-refractivity contribution in [2.24, 2.45) is 0 Å². The number of carbonyl (C=O) groups is 1. The Kier molecular flexibility index (Phi) is 4.39. The minimum absolute atomic E-state index is 0.125. The molecule has 2 unspecified atom stereocenters. The third kappa shape index (κ3) is 2.84. The third-order valence-electron chi connectivity index (χ3n) is 3.74. The largest absolute Gasteiger partial charge is 0.289 e. The zero-order valence-electron chi connectivity index (χ0n) is 12.4. The molecule has 0 saturated carbocycles. The van der Waals surface area contributed by atoms with E-state index in [4.69, 9.17) is 0 Å². The quantitative estimate of drug-likeness (QED) is 0.618. The zero-order chi connectivity index (χ0) is 15.7. The van der Waals surface area contributed by atoms with Gasteiger partial charge in [0.1, 0.15) is 0 Å². The summed E-state index contributed by atoms with van der Waals surface area (Å²) in [6, 6.07) is 12.2. The second-order valence-electron chi connectivity index (χ2n) is 5.38. The van der Waals surface area contributed by atoms with Crippen LogP contribution in [0.25, 0.3) is 23.3 Å². The van der Waals surface area contributed by atoms with Gasteiger partial charge in [-0.05, 0) is 41.3 Å². The van der Waals surface area contributed by atoms with E-state index in [0.717, 1.165) is 33.4 Å². The smallest absolute Gasteiger partial charge is 0.194 e. The molecule has 0 aromatic heterocycles. The van der Waals surface area contributed by atoms with E-state index < -0.39 is 0 Å². The fourth-order valence-corrected chi connectivity index (χ4v) is 2.96. The molecule has 0 fully saturated rings. The molecule has 1 aliphatic carbocycles. The van der Waals surface area contributed by atoms with Gasteiger partial charge in [0.25, 0.3) is 0 Å². The number of ketones is 1. The molecular weight excluding hydrogens is 306 g/mol. The van der Waals surface area contributed by atoms with Gasteiger partial charge in [-0.1, -0.05) is 48.6 Å². The number of fused-ring (bicyclic) bond motifs is 3. The summed E-state index contributed by atoms with van der Waals surface area (Å²) in [5.74, 6) is 0.125. The van der Waals surface area contributed by atoms with Gasteiger partial charge in [0.2, 0.25) is 0 Å². The number of carbonyl (C=O) groups excluding carboxylic acids is 1. The topological polar surface area (TPSA) is 17.1 Å². The van der Waals surface area contributed by atoms with E-state index in [1.165, 1.54) is 0 Å². The maximum absolute atomic E-state index is 12.7. The Bertz CT molecular complexity index is 801. The predicted octanol–water partition coefficient (Wildman–Crippen LogP) is 5.02. The van der Waals surface area contributed by atoms with Crippen LogP contribution in [0, 0.1) is 0 Å². The fourth-order valence-electron chi connectivity index (χ4n) is 2.74. The van der Waals surface area contributed by atoms with Crippen molar-refractivity contribution in [1.82, 2.24) is 0 Å². The van der Waals surface area contributed by atoms with Crippen LogP contribution in [0.15, 0.2) is 48.6 Å². The van der Waals surface area contributed by atoms with E-state index in [9.17, 15) is 4.79 Å². The summed E-state index contributed by atoms with van der Waals surface area (Å²) < 4.78 is 0. The molecule has 0 saturated heterocycles. The van der Waals surface area contributed by atoms with Gasteiger partial charge in [-0.2, -0.15) is 0 Å². The van der Waals surface area contributed by atoms with Gasteiger partial charge in [-0.25, -0.2) is 0 Å². The van der Waals surface area contributed by atoms with Crippen LogP contribution in [0.1, 0.15) is 34.0 Å². The van der Waals surface area contributed by atoms with Crippen molar-refractivity contribution in [2.45, 2.75) is 12.3 Å². The van der Waals surface area contributed by atoms with Crippen LogP contribution in [-0.2, 0) is 0 Å². The average Bonchev–Trinajstić information content (AvgIpc) is 2.78. The molecule has 3 rings (SSSR count). The second-order valence-corrected chi connectivity index (χ2v) is 7.69. The van der Waals surface area contributed by atoms with Crippen molar-refractivity contribution in [1.29, 1.82) is 0 Å². The van der Waals surface area contributed by atoms with Gasteiger partial charge < -0.3 is 0 Å². The second kappa shape index (κ2) is 6.29. The molecule has 0 amide bonds. The van der Waals surface area contributed by atoms with Crippen LogP contribution < -0.4 is 0 Å². The van der Waals surface area contributed by atoms with E-state index in [1.54, 1.807) is 0 Å². The number of allylic oxidation sites excluding steroid dienone is 2. The minimum Gasteiger partial charge on any atom is -0.289 e. The van der Waals surface area contributed by atoms with Crippen molar-refractivity contribution in [3.8, 4) is 11.1 Å². The van der Waals surface area contributed by atoms with E-state index in [-0.39, 0.29) is 5.78 Å². The maximum atomic E-state index is 12.7. The maximum Gasteiger partial charge on any atom is 0.194 e. The molecule has 2 aromatic rings. The van der Waals surface area contributed by atoms with E-state index >= 15 is 0 Å². The first-order valence-corrected chi connectivity index (χ1v) is 8.58. The highest BCUT2D eigenvalue weighted by molar-refractivity contribution is 7.38. The van der Waals surface area contributed by atoms with Crippen molar-refractivity contribution in [3.63, 3.8) is 0 Å². The summed E-state index contributed by atoms with van der Waals surface area (Å²) in [5.41, 5.74) is 5.82. The summed E-state index contributed by atoms with van der Waals surface area (Å²) in [5, 5.41) is 0.338. The molecular formula is C19H18OP2. The molecule has 22 heavy (non-hydrogen) atoms. The first-order valence-electron chi connectivity index (χ1n) is 7.25. The van der Waals surface area contributed by atoms with Crippen LogP contribution in [0.2, 0.25) is 0 Å². The number of benzene rings is 2. The Balaban J connectivity index is 2.05. The van der Waals surface area contributed by atoms with Gasteiger partial charge in [0.05, 0.1) is 0 Å². The summed E-state index contributed by atoms with van der Waals surface area (Å²) in [4.78, 5) is 12.7. The highest BCUT2D eigenvalue weighted by Crippen LogP contribution is 2.37. The highest BCUT2D eigenvalue weighted by Gasteiger charge is 2.26. The van der Waals surface area contributed by atoms with Crippen LogP contribution in [0.4, 0.5) is 0 Å². The lowest BCUT2D eigenvalue weighted by molar-refractivity contribution is 0.104. The Morgan fingerprint density at radius 1 is 0.864 bits per heavy atom. The van der Waals surface area contributed by atoms with Gasteiger partial charge in [-0.3, -0.25) is 4.79 Å². The molecule has 2 atom stereocenters. The van der Waals surface area contributed by atoms with Gasteiger partial charge in [0.15, 0.2) is 5.78 Å². The number of hydrogen-bond acceptors (Lipinski definition) is 1. The molecule has 0 bridgehead atoms. The SMILES string of the molecule is C/C=C/c1ccc2c(c1)C(=O)c1cc(/C=C/C(P)P)ccc1-2. The molecule has 0 N–H and O–H groups in total. The molecule has 0 radical (unpaired) electrons. The molecule has 1 aliphatic rings. The molecule has 2 aromatic carbocycles. The molecule has 0 aliphatic heterocycles. The normalized spacial score (nSPS) is 13.4. The highest BCUT2D eigenvalue weighted by atomic mass is 31.1. The fraction of sp³-hybridized carbons (Fsp3) is 0.105. The number of hydrogen-bond donors (Lipinski definition) is 0. The van der Waals surface area contributed by atoms with E-state index in [1.807, 2.05) is 43.4 Å². The van der Waals surface area contributed by atoms with Crippen molar-refractivity contribution in [2.75, 3.05) is 0 Å². The first kappa shape index (κ1) is 15.3. The molecule has 0 spiro atoms. The summed E-state index contributed by atoms with van der Waals surface area (Å²) >= 11 is 0. The lowest BCUT2D eigenvalue weighted by Gasteiger charge is -2.02. The van der Waals surface area contributed by atoms with E-state index in [2.05, 4.69) is 42.8 Å². The molecule has 1 nitrogen and oxygen atoms in total. The van der Waals surface area contributed by atoms with Crippen molar-refractivity contribution in [3.05, 3.63) is 70.8 Å². The number of rotatable bonds is 3. The molecule has 3 heteroatoms.